The Balaban J connectivity index is 2.08. The second-order valence-electron chi connectivity index (χ2n) is 6.63. The minimum Gasteiger partial charge on any atom is -0.434 e. The van der Waals surface area contributed by atoms with Crippen LogP contribution in [0.1, 0.15) is 45.1 Å². The molecule has 158 valence electrons. The summed E-state index contributed by atoms with van der Waals surface area (Å²) in [6.45, 7) is 1.81. The molecule has 0 radical (unpaired) electrons. The van der Waals surface area contributed by atoms with Crippen molar-refractivity contribution >= 4 is 28.4 Å². The maximum absolute atomic E-state index is 12.6. The van der Waals surface area contributed by atoms with Gasteiger partial charge in [-0.2, -0.15) is 8.78 Å². The number of rotatable bonds is 8. The Hall–Kier alpha value is -1.41. The lowest BCUT2D eigenvalue weighted by Crippen LogP contribution is -2.46. The molecule has 1 fully saturated rings. The Kier molecular flexibility index (Phi) is 9.44. The van der Waals surface area contributed by atoms with E-state index in [2.05, 4.69) is 20.4 Å². The van der Waals surface area contributed by atoms with Crippen molar-refractivity contribution in [1.82, 2.24) is 10.6 Å². The van der Waals surface area contributed by atoms with Crippen molar-refractivity contribution in [2.75, 3.05) is 12.3 Å². The predicted molar refractivity (Wildman–Crippen MR) is 111 cm³/mol. The van der Waals surface area contributed by atoms with Gasteiger partial charge in [0.05, 0.1) is 6.54 Å². The minimum absolute atomic E-state index is 0.0649. The molecular weight excluding hydrogens is 408 g/mol. The van der Waals surface area contributed by atoms with E-state index in [9.17, 15) is 13.0 Å². The molecule has 1 aliphatic rings. The van der Waals surface area contributed by atoms with Crippen LogP contribution in [0.25, 0.3) is 0 Å². The van der Waals surface area contributed by atoms with Crippen molar-refractivity contribution in [3.8, 4) is 5.75 Å². The highest BCUT2D eigenvalue weighted by Crippen LogP contribution is 2.26. The third kappa shape index (κ3) is 7.20. The number of hydrogen-bond donors (Lipinski definition) is 2. The van der Waals surface area contributed by atoms with Gasteiger partial charge in [-0.05, 0) is 44.4 Å². The van der Waals surface area contributed by atoms with E-state index < -0.39 is 17.4 Å². The van der Waals surface area contributed by atoms with Crippen molar-refractivity contribution in [3.05, 3.63) is 28.8 Å². The Morgan fingerprint density at radius 1 is 1.39 bits per heavy atom. The quantitative estimate of drug-likeness (QED) is 0.477. The van der Waals surface area contributed by atoms with Crippen LogP contribution in [0.4, 0.5) is 8.78 Å². The Morgan fingerprint density at radius 2 is 2.18 bits per heavy atom. The number of hydrogen-bond acceptors (Lipinski definition) is 3. The lowest BCUT2D eigenvalue weighted by Gasteiger charge is -2.30. The number of ether oxygens (including phenoxy) is 1. The highest BCUT2D eigenvalue weighted by molar-refractivity contribution is 7.85. The highest BCUT2D eigenvalue weighted by Gasteiger charge is 2.26. The van der Waals surface area contributed by atoms with Crippen molar-refractivity contribution in [1.29, 1.82) is 0 Å². The fraction of sp³-hybridized carbons (Fsp3) is 0.632. The summed E-state index contributed by atoms with van der Waals surface area (Å²) < 4.78 is 41.9. The first-order valence-electron chi connectivity index (χ1n) is 9.58. The molecule has 0 aliphatic heterocycles. The normalized spacial score (nSPS) is 21.4. The number of aliphatic imine (C=N–C) groups is 1. The van der Waals surface area contributed by atoms with Gasteiger partial charge >= 0.3 is 6.61 Å². The predicted octanol–water partition coefficient (Wildman–Crippen LogP) is 4.08. The molecule has 9 heteroatoms. The summed E-state index contributed by atoms with van der Waals surface area (Å²) >= 11 is 5.99. The molecule has 0 heterocycles. The van der Waals surface area contributed by atoms with Crippen molar-refractivity contribution < 1.29 is 17.7 Å². The van der Waals surface area contributed by atoms with E-state index in [1.54, 1.807) is 6.07 Å². The molecule has 0 spiro atoms. The third-order valence-corrected chi connectivity index (χ3v) is 6.59. The fourth-order valence-electron chi connectivity index (χ4n) is 3.31. The summed E-state index contributed by atoms with van der Waals surface area (Å²) in [6.07, 6.45) is 3.83. The third-order valence-electron chi connectivity index (χ3n) is 4.61. The monoisotopic (exact) mass is 435 g/mol. The number of benzene rings is 1. The molecule has 2 rings (SSSR count). The molecule has 3 atom stereocenters. The standard InChI is InChI=1S/C19H28ClF2N3O2S/c1-3-23-19(25-15-6-5-7-16(11-15)28(26)4-2)24-12-13-10-14(20)8-9-17(13)27-18(21)22/h8-10,15-16,18H,3-7,11-12H2,1-2H3,(H2,23,24,25). The Morgan fingerprint density at radius 3 is 2.86 bits per heavy atom. The van der Waals surface area contributed by atoms with Gasteiger partial charge in [-0.25, -0.2) is 4.99 Å². The van der Waals surface area contributed by atoms with E-state index >= 15 is 0 Å². The fourth-order valence-corrected chi connectivity index (χ4v) is 4.85. The van der Waals surface area contributed by atoms with Crippen molar-refractivity contribution in [2.45, 2.75) is 64.0 Å². The van der Waals surface area contributed by atoms with Crippen molar-refractivity contribution in [2.24, 2.45) is 4.99 Å². The van der Waals surface area contributed by atoms with Crippen LogP contribution < -0.4 is 15.4 Å². The zero-order valence-electron chi connectivity index (χ0n) is 16.2. The van der Waals surface area contributed by atoms with Gasteiger partial charge in [0.2, 0.25) is 0 Å². The number of guanidine groups is 1. The van der Waals surface area contributed by atoms with E-state index in [0.717, 1.165) is 25.7 Å². The van der Waals surface area contributed by atoms with Crippen LogP contribution in [0.15, 0.2) is 23.2 Å². The van der Waals surface area contributed by atoms with Crippen LogP contribution in [0.2, 0.25) is 5.02 Å². The zero-order chi connectivity index (χ0) is 20.5. The molecule has 28 heavy (non-hydrogen) atoms. The van der Waals surface area contributed by atoms with Gasteiger partial charge in [0.1, 0.15) is 5.75 Å². The number of nitrogens with one attached hydrogen (secondary N) is 2. The number of alkyl halides is 2. The second kappa shape index (κ2) is 11.6. The van der Waals surface area contributed by atoms with Gasteiger partial charge in [0.25, 0.3) is 0 Å². The summed E-state index contributed by atoms with van der Waals surface area (Å²) in [7, 11) is -0.800. The molecule has 1 aliphatic carbocycles. The molecule has 2 N–H and O–H groups in total. The first-order chi connectivity index (χ1) is 13.4. The average molecular weight is 436 g/mol. The summed E-state index contributed by atoms with van der Waals surface area (Å²) in [5, 5.41) is 7.21. The van der Waals surface area contributed by atoms with Crippen LogP contribution in [-0.2, 0) is 17.3 Å². The molecule has 0 bridgehead atoms. The second-order valence-corrected chi connectivity index (χ2v) is 9.07. The molecule has 1 aromatic carbocycles. The Labute approximate surface area is 172 Å². The SMILES string of the molecule is CCNC(=NCc1cc(Cl)ccc1OC(F)F)NC1CCCC(S(=O)CC)C1. The maximum Gasteiger partial charge on any atom is 0.387 e. The lowest BCUT2D eigenvalue weighted by atomic mass is 9.95. The molecule has 1 aromatic rings. The lowest BCUT2D eigenvalue weighted by molar-refractivity contribution is -0.0504. The first-order valence-corrected chi connectivity index (χ1v) is 11.3. The van der Waals surface area contributed by atoms with Gasteiger partial charge in [-0.15, -0.1) is 0 Å². The van der Waals surface area contributed by atoms with Crippen LogP contribution in [-0.4, -0.2) is 40.4 Å². The van der Waals surface area contributed by atoms with Crippen LogP contribution in [0, 0.1) is 0 Å². The van der Waals surface area contributed by atoms with E-state index in [1.165, 1.54) is 12.1 Å². The van der Waals surface area contributed by atoms with Crippen LogP contribution in [0.3, 0.4) is 0 Å². The molecule has 0 aromatic heterocycles. The molecule has 3 unspecified atom stereocenters. The minimum atomic E-state index is -2.91. The largest absolute Gasteiger partial charge is 0.434 e. The maximum atomic E-state index is 12.6. The average Bonchev–Trinajstić information content (AvgIpc) is 2.67. The van der Waals surface area contributed by atoms with Crippen LogP contribution >= 0.6 is 11.6 Å². The smallest absolute Gasteiger partial charge is 0.387 e. The van der Waals surface area contributed by atoms with Gasteiger partial charge in [-0.1, -0.05) is 24.9 Å². The highest BCUT2D eigenvalue weighted by atomic mass is 35.5. The van der Waals surface area contributed by atoms with Gasteiger partial charge in [0, 0.05) is 45.0 Å². The van der Waals surface area contributed by atoms with Gasteiger partial charge < -0.3 is 15.4 Å². The number of halogens is 3. The molecule has 0 amide bonds. The summed E-state index contributed by atoms with van der Waals surface area (Å²) in [5.74, 6) is 1.33. The van der Waals surface area contributed by atoms with E-state index in [1.807, 2.05) is 13.8 Å². The topological polar surface area (TPSA) is 62.7 Å². The van der Waals surface area contributed by atoms with Gasteiger partial charge in [0.15, 0.2) is 5.96 Å². The van der Waals surface area contributed by atoms with Crippen LogP contribution in [0.5, 0.6) is 5.75 Å². The molecular formula is C19H28ClF2N3O2S. The van der Waals surface area contributed by atoms with Crippen molar-refractivity contribution in [3.63, 3.8) is 0 Å². The summed E-state index contributed by atoms with van der Waals surface area (Å²) in [5.41, 5.74) is 0.485. The molecule has 1 saturated carbocycles. The molecule has 5 nitrogen and oxygen atoms in total. The Bertz CT molecular complexity index is 691. The van der Waals surface area contributed by atoms with E-state index in [4.69, 9.17) is 11.6 Å². The number of nitrogens with zero attached hydrogens (tertiary/aromatic N) is 1. The summed E-state index contributed by atoms with van der Waals surface area (Å²) in [4.78, 5) is 4.51. The van der Waals surface area contributed by atoms with Gasteiger partial charge in [-0.3, -0.25) is 4.21 Å². The van der Waals surface area contributed by atoms with E-state index in [0.29, 0.717) is 28.8 Å². The van der Waals surface area contributed by atoms with E-state index in [-0.39, 0.29) is 23.6 Å². The summed E-state index contributed by atoms with van der Waals surface area (Å²) in [6, 6.07) is 4.69. The molecule has 0 saturated heterocycles. The first kappa shape index (κ1) is 22.9. The zero-order valence-corrected chi connectivity index (χ0v) is 17.8.